The molecule has 226 valence electrons. The molecule has 3 aliphatic heterocycles. The van der Waals surface area contributed by atoms with Crippen LogP contribution in [0.15, 0.2) is 64.0 Å². The fourth-order valence-corrected chi connectivity index (χ4v) is 6.56. The maximum absolute atomic E-state index is 11.5. The van der Waals surface area contributed by atoms with Gasteiger partial charge in [0.2, 0.25) is 0 Å². The van der Waals surface area contributed by atoms with E-state index in [2.05, 4.69) is 30.7 Å². The summed E-state index contributed by atoms with van der Waals surface area (Å²) in [5.41, 5.74) is 4.51. The molecule has 0 aliphatic carbocycles. The van der Waals surface area contributed by atoms with Gasteiger partial charge in [0.15, 0.2) is 17.3 Å². The number of fused-ring (bicyclic) bond motifs is 2. The van der Waals surface area contributed by atoms with Gasteiger partial charge in [-0.15, -0.1) is 0 Å². The first-order valence-corrected chi connectivity index (χ1v) is 15.3. The van der Waals surface area contributed by atoms with Crippen molar-refractivity contribution in [2.75, 3.05) is 19.7 Å². The third-order valence-corrected chi connectivity index (χ3v) is 9.14. The number of aromatic amines is 1. The van der Waals surface area contributed by atoms with Crippen molar-refractivity contribution in [3.8, 4) is 22.9 Å². The Morgan fingerprint density at radius 3 is 2.68 bits per heavy atom. The normalized spacial score (nSPS) is 22.0. The van der Waals surface area contributed by atoms with Gasteiger partial charge in [0.05, 0.1) is 35.2 Å². The lowest BCUT2D eigenvalue weighted by Gasteiger charge is -2.33. The Hall–Kier alpha value is -4.19. The molecular formula is C32H31ClN6O5. The van der Waals surface area contributed by atoms with E-state index in [0.29, 0.717) is 22.5 Å². The molecule has 2 aromatic carbocycles. The molecule has 0 spiro atoms. The zero-order chi connectivity index (χ0) is 29.8. The third kappa shape index (κ3) is 4.94. The predicted octanol–water partition coefficient (Wildman–Crippen LogP) is 5.24. The predicted molar refractivity (Wildman–Crippen MR) is 162 cm³/mol. The third-order valence-electron chi connectivity index (χ3n) is 8.92. The van der Waals surface area contributed by atoms with Gasteiger partial charge in [-0.05, 0) is 74.7 Å². The van der Waals surface area contributed by atoms with Crippen LogP contribution in [0.1, 0.15) is 49.2 Å². The van der Waals surface area contributed by atoms with Gasteiger partial charge in [-0.1, -0.05) is 28.9 Å². The molecule has 2 fully saturated rings. The van der Waals surface area contributed by atoms with Gasteiger partial charge < -0.3 is 18.8 Å². The lowest BCUT2D eigenvalue weighted by atomic mass is 9.88. The zero-order valence-electron chi connectivity index (χ0n) is 24.2. The first-order valence-electron chi connectivity index (χ1n) is 14.9. The Morgan fingerprint density at radius 1 is 1.09 bits per heavy atom. The summed E-state index contributed by atoms with van der Waals surface area (Å²) >= 11 is 6.06. The average Bonchev–Trinajstić information content (AvgIpc) is 3.70. The molecule has 6 heterocycles. The van der Waals surface area contributed by atoms with E-state index in [-0.39, 0.29) is 6.10 Å². The fraction of sp³-hybridized carbons (Fsp3) is 0.375. The Bertz CT molecular complexity index is 1890. The molecule has 3 aliphatic rings. The topological polar surface area (TPSA) is 121 Å². The molecule has 0 bridgehead atoms. The SMILES string of the molecule is CC1(c2ccc(Cl)cn2)Oc2cccc(C3CCN(Cc4nc5ccc(-c6noc(=O)[nH]6)cc5n4C[C@@H]4CCO4)CC3)c2O1. The Balaban J connectivity index is 1.00. The van der Waals surface area contributed by atoms with E-state index in [4.69, 9.17) is 35.3 Å². The number of ether oxygens (including phenoxy) is 3. The highest BCUT2D eigenvalue weighted by Crippen LogP contribution is 2.49. The summed E-state index contributed by atoms with van der Waals surface area (Å²) in [5.74, 6) is 1.72. The molecule has 0 amide bonds. The number of halogens is 1. The van der Waals surface area contributed by atoms with Crippen LogP contribution in [0.4, 0.5) is 0 Å². The number of para-hydroxylation sites is 1. The number of nitrogens with one attached hydrogen (secondary N) is 1. The lowest BCUT2D eigenvalue weighted by molar-refractivity contribution is -0.0722. The number of benzene rings is 2. The summed E-state index contributed by atoms with van der Waals surface area (Å²) in [6, 6.07) is 15.7. The van der Waals surface area contributed by atoms with Crippen LogP contribution in [-0.4, -0.2) is 55.4 Å². The monoisotopic (exact) mass is 614 g/mol. The highest BCUT2D eigenvalue weighted by atomic mass is 35.5. The van der Waals surface area contributed by atoms with Gasteiger partial charge in [-0.25, -0.2) is 9.78 Å². The number of nitrogens with zero attached hydrogens (tertiary/aromatic N) is 5. The molecule has 12 heteroatoms. The van der Waals surface area contributed by atoms with Gasteiger partial charge in [-0.2, -0.15) is 0 Å². The van der Waals surface area contributed by atoms with E-state index in [1.54, 1.807) is 12.3 Å². The first kappa shape index (κ1) is 27.4. The minimum atomic E-state index is -1.00. The number of likely N-dealkylation sites (tertiary alicyclic amines) is 1. The number of piperidine rings is 1. The number of hydrogen-bond donors (Lipinski definition) is 1. The summed E-state index contributed by atoms with van der Waals surface area (Å²) in [4.78, 5) is 26.1. The van der Waals surface area contributed by atoms with Gasteiger partial charge in [-0.3, -0.25) is 19.4 Å². The fourth-order valence-electron chi connectivity index (χ4n) is 6.45. The van der Waals surface area contributed by atoms with Crippen LogP contribution >= 0.6 is 11.6 Å². The van der Waals surface area contributed by atoms with Crippen molar-refractivity contribution in [3.63, 3.8) is 0 Å². The molecule has 8 rings (SSSR count). The summed E-state index contributed by atoms with van der Waals surface area (Å²) in [5, 5.41) is 4.43. The number of pyridine rings is 1. The van der Waals surface area contributed by atoms with Crippen molar-refractivity contribution in [2.24, 2.45) is 0 Å². The molecule has 44 heavy (non-hydrogen) atoms. The molecule has 3 aromatic heterocycles. The van der Waals surface area contributed by atoms with Crippen LogP contribution in [0.2, 0.25) is 5.02 Å². The Labute approximate surface area is 257 Å². The number of aromatic nitrogens is 5. The van der Waals surface area contributed by atoms with Gasteiger partial charge in [0.1, 0.15) is 11.5 Å². The molecule has 1 N–H and O–H groups in total. The van der Waals surface area contributed by atoms with Crippen molar-refractivity contribution >= 4 is 22.6 Å². The van der Waals surface area contributed by atoms with Crippen LogP contribution in [-0.2, 0) is 23.6 Å². The lowest BCUT2D eigenvalue weighted by Crippen LogP contribution is -2.35. The second-order valence-corrected chi connectivity index (χ2v) is 12.2. The Morgan fingerprint density at radius 2 is 1.95 bits per heavy atom. The van der Waals surface area contributed by atoms with Gasteiger partial charge >= 0.3 is 5.76 Å². The van der Waals surface area contributed by atoms with E-state index < -0.39 is 11.5 Å². The van der Waals surface area contributed by atoms with Crippen LogP contribution < -0.4 is 15.2 Å². The number of H-pyrrole nitrogens is 1. The van der Waals surface area contributed by atoms with Crippen molar-refractivity contribution in [1.29, 1.82) is 0 Å². The van der Waals surface area contributed by atoms with Crippen LogP contribution in [0, 0.1) is 0 Å². The second kappa shape index (κ2) is 10.8. The summed E-state index contributed by atoms with van der Waals surface area (Å²) in [6.07, 6.45) is 4.79. The van der Waals surface area contributed by atoms with E-state index in [0.717, 1.165) is 86.0 Å². The number of imidazole rings is 1. The van der Waals surface area contributed by atoms with Crippen molar-refractivity contribution in [1.82, 2.24) is 29.6 Å². The van der Waals surface area contributed by atoms with Crippen LogP contribution in [0.5, 0.6) is 11.5 Å². The summed E-state index contributed by atoms with van der Waals surface area (Å²) in [7, 11) is 0. The summed E-state index contributed by atoms with van der Waals surface area (Å²) < 4.78 is 25.5. The highest BCUT2D eigenvalue weighted by Gasteiger charge is 2.42. The molecule has 2 saturated heterocycles. The van der Waals surface area contributed by atoms with Gasteiger partial charge in [0.25, 0.3) is 5.79 Å². The van der Waals surface area contributed by atoms with Crippen LogP contribution in [0.3, 0.4) is 0 Å². The number of hydrogen-bond acceptors (Lipinski definition) is 9. The molecule has 2 atom stereocenters. The molecule has 5 aromatic rings. The van der Waals surface area contributed by atoms with E-state index in [1.807, 2.05) is 43.3 Å². The molecule has 0 radical (unpaired) electrons. The van der Waals surface area contributed by atoms with Crippen molar-refractivity contribution < 1.29 is 18.7 Å². The maximum atomic E-state index is 11.5. The molecule has 1 unspecified atom stereocenters. The largest absolute Gasteiger partial charge is 0.443 e. The van der Waals surface area contributed by atoms with Crippen molar-refractivity contribution in [3.05, 3.63) is 87.4 Å². The van der Waals surface area contributed by atoms with Crippen molar-refractivity contribution in [2.45, 2.75) is 57.1 Å². The minimum Gasteiger partial charge on any atom is -0.443 e. The minimum absolute atomic E-state index is 0.170. The van der Waals surface area contributed by atoms with E-state index in [1.165, 1.54) is 5.56 Å². The number of rotatable bonds is 7. The standard InChI is InChI=1S/C32H31ClN6O5/c1-32(27-8-6-21(33)16-34-27)42-26-4-2-3-23(29(26)43-32)19-9-12-38(13-10-19)18-28-35-24-7-5-20(30-36-31(40)44-37-30)15-25(24)39(28)17-22-11-14-41-22/h2-8,15-16,19,22H,9-14,17-18H2,1H3,(H,36,37,40)/t22-,32?/m0/s1. The Kier molecular flexibility index (Phi) is 6.69. The van der Waals surface area contributed by atoms with E-state index >= 15 is 0 Å². The van der Waals surface area contributed by atoms with Crippen LogP contribution in [0.25, 0.3) is 22.4 Å². The second-order valence-electron chi connectivity index (χ2n) is 11.8. The van der Waals surface area contributed by atoms with E-state index in [9.17, 15) is 4.79 Å². The zero-order valence-corrected chi connectivity index (χ0v) is 24.9. The molecule has 0 saturated carbocycles. The maximum Gasteiger partial charge on any atom is 0.439 e. The summed E-state index contributed by atoms with van der Waals surface area (Å²) in [6.45, 7) is 6.01. The smallest absolute Gasteiger partial charge is 0.439 e. The average molecular weight is 615 g/mol. The quantitative estimate of drug-likeness (QED) is 0.262. The molecular weight excluding hydrogens is 584 g/mol. The van der Waals surface area contributed by atoms with Gasteiger partial charge in [0, 0.05) is 30.9 Å². The first-order chi connectivity index (χ1) is 21.4. The molecule has 11 nitrogen and oxygen atoms in total. The highest BCUT2D eigenvalue weighted by molar-refractivity contribution is 6.30.